The number of nitrogens with one attached hydrogen (secondary N) is 1. The number of nitrogens with zero attached hydrogens (tertiary/aromatic N) is 6. The van der Waals surface area contributed by atoms with Crippen molar-refractivity contribution in [3.8, 4) is 22.5 Å². The number of H-pyrrole nitrogens is 1. The third-order valence-corrected chi connectivity index (χ3v) is 7.09. The van der Waals surface area contributed by atoms with Gasteiger partial charge in [-0.2, -0.15) is 5.21 Å². The van der Waals surface area contributed by atoms with Crippen LogP contribution in [0.2, 0.25) is 0 Å². The zero-order valence-electron chi connectivity index (χ0n) is 20.8. The molecule has 0 saturated carbocycles. The smallest absolute Gasteiger partial charge is 0.276 e. The molecular weight excluding hydrogens is 450 g/mol. The minimum Gasteiger partial charge on any atom is -0.316 e. The number of aromatic amines is 1. The van der Waals surface area contributed by atoms with Gasteiger partial charge in [-0.25, -0.2) is 4.98 Å². The van der Waals surface area contributed by atoms with E-state index in [2.05, 4.69) is 70.2 Å². The molecule has 0 spiro atoms. The van der Waals surface area contributed by atoms with Gasteiger partial charge in [0, 0.05) is 24.7 Å². The molecule has 0 unspecified atom stereocenters. The molecule has 5 aromatic rings. The summed E-state index contributed by atoms with van der Waals surface area (Å²) in [6, 6.07) is 16.9. The van der Waals surface area contributed by atoms with Gasteiger partial charge in [0.2, 0.25) is 5.82 Å². The Morgan fingerprint density at radius 1 is 1.11 bits per heavy atom. The molecule has 0 amide bonds. The molecular formula is C28H29N7O. The van der Waals surface area contributed by atoms with Gasteiger partial charge in [0.05, 0.1) is 11.6 Å². The molecule has 36 heavy (non-hydrogen) atoms. The van der Waals surface area contributed by atoms with Crippen LogP contribution in [0, 0.1) is 5.92 Å². The van der Waals surface area contributed by atoms with Crippen LogP contribution in [0.25, 0.3) is 33.5 Å². The number of hydrogen-bond donors (Lipinski definition) is 1. The average molecular weight is 480 g/mol. The van der Waals surface area contributed by atoms with Crippen molar-refractivity contribution in [2.75, 3.05) is 0 Å². The van der Waals surface area contributed by atoms with Gasteiger partial charge in [0.25, 0.3) is 5.56 Å². The predicted octanol–water partition coefficient (Wildman–Crippen LogP) is 4.80. The molecule has 6 rings (SSSR count). The Morgan fingerprint density at radius 3 is 2.69 bits per heavy atom. The van der Waals surface area contributed by atoms with Crippen LogP contribution in [0.15, 0.2) is 59.5 Å². The Labute approximate surface area is 209 Å². The minimum absolute atomic E-state index is 0.0486. The highest BCUT2D eigenvalue weighted by Crippen LogP contribution is 2.40. The Bertz CT molecular complexity index is 1610. The fourth-order valence-electron chi connectivity index (χ4n) is 5.55. The summed E-state index contributed by atoms with van der Waals surface area (Å²) in [5.41, 5.74) is 7.28. The summed E-state index contributed by atoms with van der Waals surface area (Å²) in [6.07, 6.45) is 4.56. The molecule has 1 aliphatic carbocycles. The lowest BCUT2D eigenvalue weighted by molar-refractivity contribution is 0.509. The van der Waals surface area contributed by atoms with Crippen molar-refractivity contribution < 1.29 is 0 Å². The van der Waals surface area contributed by atoms with E-state index < -0.39 is 0 Å². The second kappa shape index (κ2) is 8.86. The topological polar surface area (TPSA) is 94.3 Å². The summed E-state index contributed by atoms with van der Waals surface area (Å²) in [4.78, 5) is 18.4. The van der Waals surface area contributed by atoms with E-state index in [0.29, 0.717) is 18.3 Å². The van der Waals surface area contributed by atoms with Crippen LogP contribution in [-0.2, 0) is 19.4 Å². The minimum atomic E-state index is 0.0486. The van der Waals surface area contributed by atoms with Gasteiger partial charge in [0.1, 0.15) is 11.3 Å². The van der Waals surface area contributed by atoms with E-state index in [1.807, 2.05) is 35.0 Å². The predicted molar refractivity (Wildman–Crippen MR) is 140 cm³/mol. The summed E-state index contributed by atoms with van der Waals surface area (Å²) in [5.74, 6) is 1.94. The lowest BCUT2D eigenvalue weighted by Crippen LogP contribution is -2.25. The quantitative estimate of drug-likeness (QED) is 0.378. The van der Waals surface area contributed by atoms with Crippen LogP contribution in [0.4, 0.5) is 0 Å². The second-order valence-corrected chi connectivity index (χ2v) is 9.90. The number of benzene rings is 2. The second-order valence-electron chi connectivity index (χ2n) is 9.90. The van der Waals surface area contributed by atoms with Crippen molar-refractivity contribution >= 4 is 11.0 Å². The molecule has 0 saturated heterocycles. The van der Waals surface area contributed by atoms with Crippen molar-refractivity contribution in [2.24, 2.45) is 5.92 Å². The molecule has 8 heteroatoms. The van der Waals surface area contributed by atoms with E-state index in [1.54, 1.807) is 0 Å². The maximum Gasteiger partial charge on any atom is 0.276 e. The van der Waals surface area contributed by atoms with E-state index in [-0.39, 0.29) is 11.6 Å². The third-order valence-electron chi connectivity index (χ3n) is 7.09. The van der Waals surface area contributed by atoms with E-state index in [4.69, 9.17) is 4.98 Å². The van der Waals surface area contributed by atoms with Gasteiger partial charge < -0.3 is 9.13 Å². The fourth-order valence-corrected chi connectivity index (χ4v) is 5.55. The monoisotopic (exact) mass is 479 g/mol. The summed E-state index contributed by atoms with van der Waals surface area (Å²) in [7, 11) is 0. The summed E-state index contributed by atoms with van der Waals surface area (Å²) < 4.78 is 4.05. The zero-order chi connectivity index (χ0) is 24.8. The SMILES string of the molecule is CCc1nc2ccn(CC(C)C)c(=O)c2n1[C@H]1CCc2cc(-c3ccccc3-c3nn[nH]n3)ccc21. The molecule has 2 aromatic carbocycles. The van der Waals surface area contributed by atoms with Crippen molar-refractivity contribution in [3.63, 3.8) is 0 Å². The van der Waals surface area contributed by atoms with Crippen molar-refractivity contribution in [1.29, 1.82) is 0 Å². The molecule has 1 N–H and O–H groups in total. The van der Waals surface area contributed by atoms with Crippen LogP contribution in [-0.4, -0.2) is 34.7 Å². The lowest BCUT2D eigenvalue weighted by atomic mass is 9.96. The van der Waals surface area contributed by atoms with Gasteiger partial charge in [-0.15, -0.1) is 10.2 Å². The maximum atomic E-state index is 13.6. The molecule has 3 heterocycles. The fraction of sp³-hybridized carbons (Fsp3) is 0.321. The Hall–Kier alpha value is -4.07. The molecule has 0 bridgehead atoms. The summed E-state index contributed by atoms with van der Waals surface area (Å²) in [6.45, 7) is 7.07. The van der Waals surface area contributed by atoms with Crippen LogP contribution < -0.4 is 5.56 Å². The Morgan fingerprint density at radius 2 is 1.94 bits per heavy atom. The molecule has 1 atom stereocenters. The number of aryl methyl sites for hydroxylation is 2. The standard InChI is InChI=1S/C28H29N7O/c1-4-25-29-23-13-14-34(16-17(2)3)28(36)26(23)35(25)24-12-10-19-15-18(9-11-21(19)24)20-7-5-6-8-22(20)27-30-32-33-31-27/h5-9,11,13-15,17,24H,4,10,12,16H2,1-3H3,(H,30,31,32,33)/t24-/m0/s1. The Balaban J connectivity index is 1.45. The molecule has 0 fully saturated rings. The lowest BCUT2D eigenvalue weighted by Gasteiger charge is -2.19. The van der Waals surface area contributed by atoms with Crippen LogP contribution in [0.3, 0.4) is 0 Å². The number of tetrazole rings is 1. The summed E-state index contributed by atoms with van der Waals surface area (Å²) >= 11 is 0. The van der Waals surface area contributed by atoms with Crippen molar-refractivity contribution in [2.45, 2.75) is 52.6 Å². The van der Waals surface area contributed by atoms with E-state index in [0.717, 1.165) is 52.8 Å². The molecule has 8 nitrogen and oxygen atoms in total. The number of fused-ring (bicyclic) bond motifs is 2. The molecule has 182 valence electrons. The van der Waals surface area contributed by atoms with Crippen LogP contribution in [0.5, 0.6) is 0 Å². The van der Waals surface area contributed by atoms with Crippen LogP contribution >= 0.6 is 0 Å². The molecule has 0 aliphatic heterocycles. The van der Waals surface area contributed by atoms with Crippen molar-refractivity contribution in [1.82, 2.24) is 34.7 Å². The van der Waals surface area contributed by atoms with Crippen LogP contribution in [0.1, 0.15) is 50.2 Å². The van der Waals surface area contributed by atoms with E-state index in [1.165, 1.54) is 11.1 Å². The highest BCUT2D eigenvalue weighted by molar-refractivity contribution is 5.81. The third kappa shape index (κ3) is 3.64. The maximum absolute atomic E-state index is 13.6. The van der Waals surface area contributed by atoms with Gasteiger partial charge >= 0.3 is 0 Å². The molecule has 3 aromatic heterocycles. The average Bonchev–Trinajstić information content (AvgIpc) is 3.63. The highest BCUT2D eigenvalue weighted by atomic mass is 16.1. The van der Waals surface area contributed by atoms with Gasteiger partial charge in [-0.05, 0) is 52.3 Å². The number of imidazole rings is 1. The first kappa shape index (κ1) is 22.4. The molecule has 1 aliphatic rings. The van der Waals surface area contributed by atoms with Gasteiger partial charge in [0.15, 0.2) is 0 Å². The van der Waals surface area contributed by atoms with E-state index >= 15 is 0 Å². The normalized spacial score (nSPS) is 15.2. The van der Waals surface area contributed by atoms with Gasteiger partial charge in [-0.3, -0.25) is 4.79 Å². The largest absolute Gasteiger partial charge is 0.316 e. The highest BCUT2D eigenvalue weighted by Gasteiger charge is 2.29. The Kier molecular flexibility index (Phi) is 5.51. The first-order valence-corrected chi connectivity index (χ1v) is 12.6. The molecule has 0 radical (unpaired) electrons. The first-order valence-electron chi connectivity index (χ1n) is 12.6. The number of hydrogen-bond acceptors (Lipinski definition) is 5. The van der Waals surface area contributed by atoms with Crippen molar-refractivity contribution in [3.05, 3.63) is 82.0 Å². The number of rotatable bonds is 6. The number of aromatic nitrogens is 7. The number of pyridine rings is 1. The zero-order valence-corrected chi connectivity index (χ0v) is 20.8. The van der Waals surface area contributed by atoms with E-state index in [9.17, 15) is 4.79 Å². The first-order chi connectivity index (χ1) is 17.5. The van der Waals surface area contributed by atoms with Gasteiger partial charge in [-0.1, -0.05) is 63.2 Å². The summed E-state index contributed by atoms with van der Waals surface area (Å²) in [5, 5.41) is 14.6.